The standard InChI is InChI=1S/C54H32N4/c1-3-14-35(15-4-1)51-55-52(36-30-31-47-41(32-36)38-20-8-10-27-46(38)58(47)37-18-5-2-6-19-37)57-53(56-51)40-22-13-26-45-50(40)39-21-7-9-23-42(39)54(45)43-24-11-16-33-28-29-34-17-12-25-44(54)49(34)48(33)43/h1-32H. The minimum Gasteiger partial charge on any atom is -0.309 e. The summed E-state index contributed by atoms with van der Waals surface area (Å²) in [4.78, 5) is 15.9. The van der Waals surface area contributed by atoms with Crippen molar-refractivity contribution in [2.45, 2.75) is 5.41 Å². The first-order chi connectivity index (χ1) is 28.8. The molecule has 2 aliphatic carbocycles. The molecular weight excluding hydrogens is 705 g/mol. The number of hydrogen-bond donors (Lipinski definition) is 0. The van der Waals surface area contributed by atoms with Gasteiger partial charge in [0.1, 0.15) is 0 Å². The largest absolute Gasteiger partial charge is 0.309 e. The quantitative estimate of drug-likeness (QED) is 0.169. The Hall–Kier alpha value is -7.69. The Morgan fingerprint density at radius 3 is 1.71 bits per heavy atom. The topological polar surface area (TPSA) is 43.6 Å². The van der Waals surface area contributed by atoms with Crippen molar-refractivity contribution in [2.24, 2.45) is 0 Å². The van der Waals surface area contributed by atoms with E-state index in [2.05, 4.69) is 180 Å². The molecule has 2 aromatic heterocycles. The number of fused-ring (bicyclic) bond motifs is 10. The van der Waals surface area contributed by atoms with Gasteiger partial charge in [-0.05, 0) is 91.3 Å². The third kappa shape index (κ3) is 4.10. The van der Waals surface area contributed by atoms with Crippen molar-refractivity contribution in [2.75, 3.05) is 0 Å². The molecule has 0 amide bonds. The molecular formula is C54H32N4. The third-order valence-electron chi connectivity index (χ3n) is 12.6. The second-order valence-electron chi connectivity index (χ2n) is 15.5. The van der Waals surface area contributed by atoms with Crippen LogP contribution < -0.4 is 0 Å². The molecule has 4 nitrogen and oxygen atoms in total. The zero-order chi connectivity index (χ0) is 38.0. The van der Waals surface area contributed by atoms with Gasteiger partial charge in [-0.25, -0.2) is 15.0 Å². The number of rotatable bonds is 4. The van der Waals surface area contributed by atoms with Gasteiger partial charge in [0.2, 0.25) is 0 Å². The molecule has 0 saturated carbocycles. The summed E-state index contributed by atoms with van der Waals surface area (Å²) >= 11 is 0. The van der Waals surface area contributed by atoms with E-state index in [0.717, 1.165) is 38.8 Å². The molecule has 1 spiro atoms. The fourth-order valence-electron chi connectivity index (χ4n) is 10.3. The van der Waals surface area contributed by atoms with Crippen molar-refractivity contribution in [3.05, 3.63) is 216 Å². The van der Waals surface area contributed by atoms with Crippen LogP contribution in [0, 0.1) is 0 Å². The highest BCUT2D eigenvalue weighted by molar-refractivity contribution is 6.18. The van der Waals surface area contributed by atoms with E-state index in [1.54, 1.807) is 0 Å². The number of aromatic nitrogens is 4. The summed E-state index contributed by atoms with van der Waals surface area (Å²) in [5.74, 6) is 1.95. The highest BCUT2D eigenvalue weighted by Crippen LogP contribution is 2.63. The number of nitrogens with zero attached hydrogens (tertiary/aromatic N) is 4. The van der Waals surface area contributed by atoms with E-state index in [9.17, 15) is 0 Å². The average molecular weight is 737 g/mol. The molecule has 0 bridgehead atoms. The molecule has 9 aromatic carbocycles. The first-order valence-corrected chi connectivity index (χ1v) is 19.9. The lowest BCUT2D eigenvalue weighted by molar-refractivity contribution is 0.797. The van der Waals surface area contributed by atoms with E-state index in [1.807, 2.05) is 18.2 Å². The monoisotopic (exact) mass is 736 g/mol. The Morgan fingerprint density at radius 2 is 0.931 bits per heavy atom. The van der Waals surface area contributed by atoms with E-state index in [1.165, 1.54) is 60.3 Å². The summed E-state index contributed by atoms with van der Waals surface area (Å²) < 4.78 is 2.34. The molecule has 268 valence electrons. The molecule has 13 rings (SSSR count). The fourth-order valence-corrected chi connectivity index (χ4v) is 10.3. The normalized spacial score (nSPS) is 13.3. The number of para-hydroxylation sites is 2. The number of benzene rings is 9. The van der Waals surface area contributed by atoms with E-state index in [4.69, 9.17) is 15.0 Å². The highest BCUT2D eigenvalue weighted by Gasteiger charge is 2.51. The Balaban J connectivity index is 1.07. The Kier molecular flexibility index (Phi) is 6.34. The van der Waals surface area contributed by atoms with Crippen molar-refractivity contribution in [3.8, 4) is 51.0 Å². The minimum atomic E-state index is -0.471. The van der Waals surface area contributed by atoms with Gasteiger partial charge in [-0.3, -0.25) is 0 Å². The van der Waals surface area contributed by atoms with Crippen molar-refractivity contribution in [1.82, 2.24) is 19.5 Å². The van der Waals surface area contributed by atoms with Crippen LogP contribution >= 0.6 is 0 Å². The average Bonchev–Trinajstić information content (AvgIpc) is 3.91. The maximum absolute atomic E-state index is 5.40. The minimum absolute atomic E-state index is 0.471. The van der Waals surface area contributed by atoms with Crippen molar-refractivity contribution in [3.63, 3.8) is 0 Å². The summed E-state index contributed by atoms with van der Waals surface area (Å²) in [6, 6.07) is 70.0. The summed E-state index contributed by atoms with van der Waals surface area (Å²) in [6.45, 7) is 0. The maximum Gasteiger partial charge on any atom is 0.164 e. The van der Waals surface area contributed by atoms with Crippen molar-refractivity contribution in [1.29, 1.82) is 0 Å². The van der Waals surface area contributed by atoms with Crippen molar-refractivity contribution >= 4 is 43.4 Å². The van der Waals surface area contributed by atoms with Crippen LogP contribution in [0.2, 0.25) is 0 Å². The van der Waals surface area contributed by atoms with Gasteiger partial charge < -0.3 is 4.57 Å². The number of hydrogen-bond acceptors (Lipinski definition) is 3. The van der Waals surface area contributed by atoms with Gasteiger partial charge in [0, 0.05) is 33.2 Å². The first kappa shape index (κ1) is 31.5. The predicted molar refractivity (Wildman–Crippen MR) is 236 cm³/mol. The predicted octanol–water partition coefficient (Wildman–Crippen LogP) is 13.0. The van der Waals surface area contributed by atoms with Crippen LogP contribution in [0.5, 0.6) is 0 Å². The molecule has 2 aliphatic rings. The molecule has 11 aromatic rings. The smallest absolute Gasteiger partial charge is 0.164 e. The molecule has 0 radical (unpaired) electrons. The van der Waals surface area contributed by atoms with Crippen LogP contribution in [0.1, 0.15) is 22.3 Å². The lowest BCUT2D eigenvalue weighted by Crippen LogP contribution is -2.26. The van der Waals surface area contributed by atoms with E-state index >= 15 is 0 Å². The molecule has 0 N–H and O–H groups in total. The lowest BCUT2D eigenvalue weighted by atomic mass is 9.70. The molecule has 0 atom stereocenters. The first-order valence-electron chi connectivity index (χ1n) is 19.9. The molecule has 0 aliphatic heterocycles. The Labute approximate surface area is 334 Å². The fraction of sp³-hybridized carbons (Fsp3) is 0.0185. The van der Waals surface area contributed by atoms with Gasteiger partial charge in [-0.2, -0.15) is 0 Å². The van der Waals surface area contributed by atoms with Crippen LogP contribution in [0.15, 0.2) is 194 Å². The highest BCUT2D eigenvalue weighted by atomic mass is 15.0. The lowest BCUT2D eigenvalue weighted by Gasteiger charge is -2.31. The van der Waals surface area contributed by atoms with Gasteiger partial charge in [0.15, 0.2) is 17.5 Å². The summed E-state index contributed by atoms with van der Waals surface area (Å²) in [6.07, 6.45) is 0. The van der Waals surface area contributed by atoms with Gasteiger partial charge in [0.25, 0.3) is 0 Å². The SMILES string of the molecule is c1ccc(-c2nc(-c3ccc4c(c3)c3ccccc3n4-c3ccccc3)nc(-c3cccc4c3-c3ccccc3C43c4cccc5ccc6cccc3c6c45)n2)cc1. The summed E-state index contributed by atoms with van der Waals surface area (Å²) in [5.41, 5.74) is 13.5. The Bertz CT molecular complexity index is 3450. The van der Waals surface area contributed by atoms with Crippen molar-refractivity contribution < 1.29 is 0 Å². The summed E-state index contributed by atoms with van der Waals surface area (Å²) in [7, 11) is 0. The van der Waals surface area contributed by atoms with Crippen LogP contribution in [0.3, 0.4) is 0 Å². The molecule has 0 fully saturated rings. The van der Waals surface area contributed by atoms with Crippen LogP contribution in [-0.4, -0.2) is 19.5 Å². The maximum atomic E-state index is 5.40. The third-order valence-corrected chi connectivity index (χ3v) is 12.6. The van der Waals surface area contributed by atoms with Gasteiger partial charge in [-0.1, -0.05) is 158 Å². The van der Waals surface area contributed by atoms with Gasteiger partial charge in [-0.15, -0.1) is 0 Å². The van der Waals surface area contributed by atoms with E-state index in [0.29, 0.717) is 17.5 Å². The molecule has 0 saturated heterocycles. The zero-order valence-electron chi connectivity index (χ0n) is 31.3. The molecule has 2 heterocycles. The molecule has 58 heavy (non-hydrogen) atoms. The van der Waals surface area contributed by atoms with Gasteiger partial charge >= 0.3 is 0 Å². The van der Waals surface area contributed by atoms with Gasteiger partial charge in [0.05, 0.1) is 16.4 Å². The van der Waals surface area contributed by atoms with E-state index in [-0.39, 0.29) is 0 Å². The second-order valence-corrected chi connectivity index (χ2v) is 15.5. The van der Waals surface area contributed by atoms with E-state index < -0.39 is 5.41 Å². The molecule has 0 unspecified atom stereocenters. The Morgan fingerprint density at radius 1 is 0.362 bits per heavy atom. The van der Waals surface area contributed by atoms with Crippen LogP contribution in [0.4, 0.5) is 0 Å². The molecule has 4 heteroatoms. The zero-order valence-corrected chi connectivity index (χ0v) is 31.3. The van der Waals surface area contributed by atoms with Crippen LogP contribution in [-0.2, 0) is 5.41 Å². The second kappa shape index (κ2) is 11.7. The van der Waals surface area contributed by atoms with Crippen LogP contribution in [0.25, 0.3) is 94.3 Å². The summed E-state index contributed by atoms with van der Waals surface area (Å²) in [5, 5.41) is 7.58.